The number of esters is 2. The van der Waals surface area contributed by atoms with Crippen LogP contribution in [-0.4, -0.2) is 28.9 Å². The molecule has 210 valence electrons. The van der Waals surface area contributed by atoms with E-state index in [0.29, 0.717) is 38.0 Å². The fourth-order valence-electron chi connectivity index (χ4n) is 4.93. The van der Waals surface area contributed by atoms with Crippen molar-refractivity contribution in [3.63, 3.8) is 0 Å². The molecule has 0 spiro atoms. The number of Topliss-reactive ketones (excluding diaryl/α,β-unsaturated/α-hetero) is 1. The van der Waals surface area contributed by atoms with E-state index in [1.165, 1.54) is 25.7 Å². The van der Waals surface area contributed by atoms with Gasteiger partial charge < -0.3 is 14.0 Å². The van der Waals surface area contributed by atoms with Gasteiger partial charge in [-0.1, -0.05) is 100 Å². The van der Waals surface area contributed by atoms with Crippen LogP contribution in [0.1, 0.15) is 94.0 Å². The lowest BCUT2D eigenvalue weighted by atomic mass is 9.91. The summed E-state index contributed by atoms with van der Waals surface area (Å²) in [5.74, 6) is -1.72. The number of aromatic nitrogens is 1. The summed E-state index contributed by atoms with van der Waals surface area (Å²) in [6.45, 7) is 5.09. The second kappa shape index (κ2) is 16.5. The molecule has 0 saturated carbocycles. The van der Waals surface area contributed by atoms with Crippen molar-refractivity contribution in [2.45, 2.75) is 91.2 Å². The first-order chi connectivity index (χ1) is 19.0. The fourth-order valence-corrected chi connectivity index (χ4v) is 4.93. The van der Waals surface area contributed by atoms with Crippen LogP contribution in [0.3, 0.4) is 0 Å². The zero-order valence-electron chi connectivity index (χ0n) is 23.5. The highest BCUT2D eigenvalue weighted by atomic mass is 16.5. The van der Waals surface area contributed by atoms with E-state index in [1.807, 2.05) is 65.4 Å². The van der Waals surface area contributed by atoms with Crippen LogP contribution < -0.4 is 0 Å². The highest BCUT2D eigenvalue weighted by Gasteiger charge is 2.31. The number of unbranched alkanes of at least 4 members (excludes halogenated alkanes) is 6. The molecule has 0 aliphatic carbocycles. The standard InChI is InChI=1S/C33H43NO5/c1-3-5-6-7-8-9-13-20-28(33(37)39-25-26-17-11-10-12-18-26)32(36)29-24-34(23-16-22-31(35)38-4-2)30-21-15-14-19-27(29)30/h10-12,14-15,17-19,21,24,28H,3-9,13,16,20,22-23,25H2,1-2H3. The van der Waals surface area contributed by atoms with Crippen molar-refractivity contribution in [1.29, 1.82) is 0 Å². The monoisotopic (exact) mass is 533 g/mol. The van der Waals surface area contributed by atoms with Gasteiger partial charge in [0.15, 0.2) is 5.78 Å². The topological polar surface area (TPSA) is 74.6 Å². The highest BCUT2D eigenvalue weighted by molar-refractivity contribution is 6.15. The smallest absolute Gasteiger partial charge is 0.317 e. The van der Waals surface area contributed by atoms with Gasteiger partial charge in [-0.05, 0) is 31.4 Å². The van der Waals surface area contributed by atoms with Crippen molar-refractivity contribution >= 4 is 28.6 Å². The number of rotatable bonds is 18. The van der Waals surface area contributed by atoms with Crippen LogP contribution in [-0.2, 0) is 32.2 Å². The van der Waals surface area contributed by atoms with Crippen LogP contribution in [0, 0.1) is 5.92 Å². The molecule has 0 saturated heterocycles. The van der Waals surface area contributed by atoms with E-state index < -0.39 is 11.9 Å². The average Bonchev–Trinajstić information content (AvgIpc) is 3.32. The largest absolute Gasteiger partial charge is 0.466 e. The molecular formula is C33H43NO5. The predicted octanol–water partition coefficient (Wildman–Crippen LogP) is 7.67. The van der Waals surface area contributed by atoms with E-state index in [2.05, 4.69) is 6.92 Å². The van der Waals surface area contributed by atoms with E-state index in [0.717, 1.165) is 35.7 Å². The Morgan fingerprint density at radius 1 is 0.795 bits per heavy atom. The molecule has 1 aromatic heterocycles. The Kier molecular flexibility index (Phi) is 12.8. The maximum Gasteiger partial charge on any atom is 0.317 e. The molecule has 1 atom stereocenters. The van der Waals surface area contributed by atoms with E-state index in [1.54, 1.807) is 6.92 Å². The van der Waals surface area contributed by atoms with Crippen LogP contribution in [0.2, 0.25) is 0 Å². The third-order valence-electron chi connectivity index (χ3n) is 7.06. The van der Waals surface area contributed by atoms with Crippen LogP contribution in [0.5, 0.6) is 0 Å². The summed E-state index contributed by atoms with van der Waals surface area (Å²) in [4.78, 5) is 39.0. The van der Waals surface area contributed by atoms with Crippen LogP contribution >= 0.6 is 0 Å². The number of para-hydroxylation sites is 1. The van der Waals surface area contributed by atoms with E-state index in [9.17, 15) is 14.4 Å². The zero-order valence-corrected chi connectivity index (χ0v) is 23.5. The number of ketones is 1. The molecule has 0 amide bonds. The molecule has 0 bridgehead atoms. The number of hydrogen-bond acceptors (Lipinski definition) is 5. The van der Waals surface area contributed by atoms with Crippen molar-refractivity contribution < 1.29 is 23.9 Å². The molecule has 2 aromatic carbocycles. The molecule has 0 aliphatic heterocycles. The van der Waals surface area contributed by atoms with Gasteiger partial charge in [0.1, 0.15) is 12.5 Å². The normalized spacial score (nSPS) is 11.8. The Labute approximate surface area is 232 Å². The molecule has 39 heavy (non-hydrogen) atoms. The van der Waals surface area contributed by atoms with Crippen molar-refractivity contribution in [3.05, 3.63) is 71.9 Å². The lowest BCUT2D eigenvalue weighted by Crippen LogP contribution is -2.26. The van der Waals surface area contributed by atoms with Crippen LogP contribution in [0.15, 0.2) is 60.8 Å². The lowest BCUT2D eigenvalue weighted by molar-refractivity contribution is -0.148. The first-order valence-electron chi connectivity index (χ1n) is 14.5. The van der Waals surface area contributed by atoms with Gasteiger partial charge >= 0.3 is 11.9 Å². The van der Waals surface area contributed by atoms with Crippen LogP contribution in [0.25, 0.3) is 10.9 Å². The molecule has 0 aliphatic rings. The van der Waals surface area contributed by atoms with E-state index in [-0.39, 0.29) is 18.4 Å². The van der Waals surface area contributed by atoms with Gasteiger partial charge in [-0.2, -0.15) is 0 Å². The zero-order chi connectivity index (χ0) is 27.9. The van der Waals surface area contributed by atoms with Gasteiger partial charge in [-0.15, -0.1) is 0 Å². The number of ether oxygens (including phenoxy) is 2. The summed E-state index contributed by atoms with van der Waals surface area (Å²) < 4.78 is 12.7. The summed E-state index contributed by atoms with van der Waals surface area (Å²) >= 11 is 0. The first kappa shape index (κ1) is 30.1. The molecule has 6 nitrogen and oxygen atoms in total. The summed E-state index contributed by atoms with van der Waals surface area (Å²) in [5.41, 5.74) is 2.34. The molecule has 1 unspecified atom stereocenters. The number of hydrogen-bond donors (Lipinski definition) is 0. The Bertz CT molecular complexity index is 1180. The van der Waals surface area contributed by atoms with E-state index in [4.69, 9.17) is 9.47 Å². The number of aryl methyl sites for hydroxylation is 1. The van der Waals surface area contributed by atoms with Gasteiger partial charge in [0.25, 0.3) is 0 Å². The van der Waals surface area contributed by atoms with Crippen molar-refractivity contribution in [2.24, 2.45) is 5.92 Å². The summed E-state index contributed by atoms with van der Waals surface area (Å²) in [5, 5.41) is 0.819. The Morgan fingerprint density at radius 2 is 1.49 bits per heavy atom. The second-order valence-electron chi connectivity index (χ2n) is 10.1. The molecule has 0 N–H and O–H groups in total. The summed E-state index contributed by atoms with van der Waals surface area (Å²) in [7, 11) is 0. The maximum absolute atomic E-state index is 13.9. The summed E-state index contributed by atoms with van der Waals surface area (Å²) in [6, 6.07) is 17.3. The molecule has 1 heterocycles. The van der Waals surface area contributed by atoms with Gasteiger partial charge in [-0.3, -0.25) is 14.4 Å². The molecule has 3 aromatic rings. The molecule has 0 fully saturated rings. The highest BCUT2D eigenvalue weighted by Crippen LogP contribution is 2.27. The van der Waals surface area contributed by atoms with Crippen LogP contribution in [0.4, 0.5) is 0 Å². The van der Waals surface area contributed by atoms with Gasteiger partial charge in [-0.25, -0.2) is 0 Å². The number of fused-ring (bicyclic) bond motifs is 1. The lowest BCUT2D eigenvalue weighted by Gasteiger charge is -2.15. The van der Waals surface area contributed by atoms with Gasteiger partial charge in [0, 0.05) is 35.6 Å². The molecule has 6 heteroatoms. The SMILES string of the molecule is CCCCCCCCCC(C(=O)OCc1ccccc1)C(=O)c1cn(CCCC(=O)OCC)c2ccccc12. The third-order valence-corrected chi connectivity index (χ3v) is 7.06. The first-order valence-corrected chi connectivity index (χ1v) is 14.5. The van der Waals surface area contributed by atoms with Gasteiger partial charge in [0.2, 0.25) is 0 Å². The Hall–Kier alpha value is -3.41. The fraction of sp³-hybridized carbons (Fsp3) is 0.485. The van der Waals surface area contributed by atoms with Crippen molar-refractivity contribution in [2.75, 3.05) is 6.61 Å². The van der Waals surface area contributed by atoms with Crippen molar-refractivity contribution in [1.82, 2.24) is 4.57 Å². The minimum absolute atomic E-state index is 0.149. The van der Waals surface area contributed by atoms with Gasteiger partial charge in [0.05, 0.1) is 6.61 Å². The molecule has 3 rings (SSSR count). The van der Waals surface area contributed by atoms with Crippen molar-refractivity contribution in [3.8, 4) is 0 Å². The number of carbonyl (C=O) groups excluding carboxylic acids is 3. The molecular weight excluding hydrogens is 490 g/mol. The minimum Gasteiger partial charge on any atom is -0.466 e. The molecule has 0 radical (unpaired) electrons. The quantitative estimate of drug-likeness (QED) is 0.0726. The third kappa shape index (κ3) is 9.38. The Morgan fingerprint density at radius 3 is 2.23 bits per heavy atom. The predicted molar refractivity (Wildman–Crippen MR) is 154 cm³/mol. The maximum atomic E-state index is 13.9. The number of benzene rings is 2. The number of carbonyl (C=O) groups is 3. The Balaban J connectivity index is 1.74. The van der Waals surface area contributed by atoms with E-state index >= 15 is 0 Å². The minimum atomic E-state index is -0.844. The second-order valence-corrected chi connectivity index (χ2v) is 10.1. The number of nitrogens with zero attached hydrogens (tertiary/aromatic N) is 1. The average molecular weight is 534 g/mol. The summed E-state index contributed by atoms with van der Waals surface area (Å²) in [6.07, 6.45) is 11.0.